The van der Waals surface area contributed by atoms with Crippen molar-refractivity contribution in [1.82, 2.24) is 0 Å². The molecule has 1 N–H and O–H groups in total. The highest BCUT2D eigenvalue weighted by atomic mass is 16.5. The summed E-state index contributed by atoms with van der Waals surface area (Å²) in [7, 11) is 1.64. The van der Waals surface area contributed by atoms with Gasteiger partial charge in [-0.25, -0.2) is 0 Å². The van der Waals surface area contributed by atoms with Crippen molar-refractivity contribution in [2.45, 2.75) is 58.3 Å². The zero-order valence-electron chi connectivity index (χ0n) is 11.2. The lowest BCUT2D eigenvalue weighted by Crippen LogP contribution is -2.36. The van der Waals surface area contributed by atoms with Gasteiger partial charge < -0.3 is 9.84 Å². The van der Waals surface area contributed by atoms with Gasteiger partial charge in [0, 0.05) is 13.7 Å². The van der Waals surface area contributed by atoms with E-state index in [1.807, 2.05) is 0 Å². The van der Waals surface area contributed by atoms with Crippen molar-refractivity contribution in [2.24, 2.45) is 11.3 Å². The Labute approximate surface area is 105 Å². The Morgan fingerprint density at radius 1 is 1.41 bits per heavy atom. The minimum absolute atomic E-state index is 0.501. The van der Waals surface area contributed by atoms with Crippen molar-refractivity contribution >= 4 is 5.97 Å². The highest BCUT2D eigenvalue weighted by Gasteiger charge is 2.41. The summed E-state index contributed by atoms with van der Waals surface area (Å²) in [5.74, 6) is 0.133. The van der Waals surface area contributed by atoms with E-state index in [9.17, 15) is 9.90 Å². The third-order valence-electron chi connectivity index (χ3n) is 4.27. The van der Waals surface area contributed by atoms with Crippen LogP contribution >= 0.6 is 0 Å². The van der Waals surface area contributed by atoms with Crippen LogP contribution in [0.1, 0.15) is 58.3 Å². The molecule has 0 aromatic carbocycles. The lowest BCUT2D eigenvalue weighted by Gasteiger charge is -2.36. The molecular formula is C14H26O3. The molecule has 100 valence electrons. The minimum Gasteiger partial charge on any atom is -0.481 e. The largest absolute Gasteiger partial charge is 0.481 e. The summed E-state index contributed by atoms with van der Waals surface area (Å²) < 4.78 is 5.05. The van der Waals surface area contributed by atoms with Crippen LogP contribution in [-0.4, -0.2) is 24.8 Å². The Morgan fingerprint density at radius 2 is 2.06 bits per heavy atom. The van der Waals surface area contributed by atoms with Crippen molar-refractivity contribution in [1.29, 1.82) is 0 Å². The maximum absolute atomic E-state index is 11.4. The van der Waals surface area contributed by atoms with Gasteiger partial charge in [-0.15, -0.1) is 0 Å². The lowest BCUT2D eigenvalue weighted by molar-refractivity contribution is -0.153. The van der Waals surface area contributed by atoms with Gasteiger partial charge in [-0.3, -0.25) is 4.79 Å². The van der Waals surface area contributed by atoms with E-state index in [4.69, 9.17) is 4.74 Å². The number of carboxylic acids is 1. The normalized spacial score (nSPS) is 29.2. The maximum Gasteiger partial charge on any atom is 0.309 e. The third kappa shape index (κ3) is 3.98. The molecule has 0 saturated heterocycles. The molecule has 0 bridgehead atoms. The van der Waals surface area contributed by atoms with Crippen LogP contribution in [0, 0.1) is 11.3 Å². The highest BCUT2D eigenvalue weighted by Crippen LogP contribution is 2.43. The van der Waals surface area contributed by atoms with Crippen molar-refractivity contribution in [3.8, 4) is 0 Å². The SMILES string of the molecule is CCCCC1CCC(CCOC)(C(=O)O)CC1. The lowest BCUT2D eigenvalue weighted by atomic mass is 9.68. The topological polar surface area (TPSA) is 46.5 Å². The summed E-state index contributed by atoms with van der Waals surface area (Å²) in [4.78, 5) is 11.4. The molecule has 0 aliphatic heterocycles. The second kappa shape index (κ2) is 7.00. The smallest absolute Gasteiger partial charge is 0.309 e. The highest BCUT2D eigenvalue weighted by molar-refractivity contribution is 5.74. The molecule has 3 heteroatoms. The maximum atomic E-state index is 11.4. The number of methoxy groups -OCH3 is 1. The predicted molar refractivity (Wildman–Crippen MR) is 68.0 cm³/mol. The Kier molecular flexibility index (Phi) is 5.96. The van der Waals surface area contributed by atoms with E-state index in [1.54, 1.807) is 7.11 Å². The van der Waals surface area contributed by atoms with Gasteiger partial charge in [0.25, 0.3) is 0 Å². The fraction of sp³-hybridized carbons (Fsp3) is 0.929. The van der Waals surface area contributed by atoms with Crippen LogP contribution in [0.3, 0.4) is 0 Å². The molecule has 0 spiro atoms. The second-order valence-electron chi connectivity index (χ2n) is 5.41. The van der Waals surface area contributed by atoms with Crippen LogP contribution in [0.5, 0.6) is 0 Å². The van der Waals surface area contributed by atoms with Crippen LogP contribution in [0.4, 0.5) is 0 Å². The molecule has 1 saturated carbocycles. The summed E-state index contributed by atoms with van der Waals surface area (Å²) >= 11 is 0. The van der Waals surface area contributed by atoms with Crippen LogP contribution in [0.15, 0.2) is 0 Å². The number of rotatable bonds is 7. The van der Waals surface area contributed by atoms with Gasteiger partial charge in [0.05, 0.1) is 5.41 Å². The van der Waals surface area contributed by atoms with Crippen molar-refractivity contribution in [3.05, 3.63) is 0 Å². The Bertz CT molecular complexity index is 230. The summed E-state index contributed by atoms with van der Waals surface area (Å²) in [6.07, 6.45) is 8.29. The van der Waals surface area contributed by atoms with Crippen LogP contribution < -0.4 is 0 Å². The second-order valence-corrected chi connectivity index (χ2v) is 5.41. The van der Waals surface area contributed by atoms with Gasteiger partial charge in [-0.2, -0.15) is 0 Å². The van der Waals surface area contributed by atoms with Gasteiger partial charge in [-0.05, 0) is 38.0 Å². The van der Waals surface area contributed by atoms with E-state index >= 15 is 0 Å². The Hall–Kier alpha value is -0.570. The summed E-state index contributed by atoms with van der Waals surface area (Å²) in [6, 6.07) is 0. The summed E-state index contributed by atoms with van der Waals surface area (Å²) in [5.41, 5.74) is -0.501. The molecule has 0 atom stereocenters. The van der Waals surface area contributed by atoms with Crippen LogP contribution in [0.2, 0.25) is 0 Å². The third-order valence-corrected chi connectivity index (χ3v) is 4.27. The van der Waals surface area contributed by atoms with Gasteiger partial charge in [0.15, 0.2) is 0 Å². The number of hydrogen-bond donors (Lipinski definition) is 1. The first kappa shape index (κ1) is 14.5. The number of unbranched alkanes of at least 4 members (excludes halogenated alkanes) is 1. The van der Waals surface area contributed by atoms with Gasteiger partial charge in [-0.1, -0.05) is 26.2 Å². The monoisotopic (exact) mass is 242 g/mol. The molecule has 0 aromatic heterocycles. The average Bonchev–Trinajstić information content (AvgIpc) is 2.35. The zero-order valence-corrected chi connectivity index (χ0v) is 11.2. The minimum atomic E-state index is -0.622. The molecule has 1 aliphatic carbocycles. The van der Waals surface area contributed by atoms with Crippen molar-refractivity contribution in [2.75, 3.05) is 13.7 Å². The van der Waals surface area contributed by atoms with E-state index in [-0.39, 0.29) is 0 Å². The first-order chi connectivity index (χ1) is 8.14. The number of hydrogen-bond acceptors (Lipinski definition) is 2. The molecule has 0 aromatic rings. The number of carbonyl (C=O) groups is 1. The quantitative estimate of drug-likeness (QED) is 0.743. The van der Waals surface area contributed by atoms with Crippen LogP contribution in [-0.2, 0) is 9.53 Å². The molecule has 1 fully saturated rings. The Balaban J connectivity index is 2.46. The molecule has 1 rings (SSSR count). The van der Waals surface area contributed by atoms with E-state index in [2.05, 4.69) is 6.92 Å². The number of carboxylic acid groups (broad SMARTS) is 1. The van der Waals surface area contributed by atoms with Gasteiger partial charge >= 0.3 is 5.97 Å². The average molecular weight is 242 g/mol. The number of aliphatic carboxylic acids is 1. The number of ether oxygens (including phenoxy) is 1. The molecule has 17 heavy (non-hydrogen) atoms. The zero-order chi connectivity index (χ0) is 12.7. The van der Waals surface area contributed by atoms with Crippen molar-refractivity contribution < 1.29 is 14.6 Å². The van der Waals surface area contributed by atoms with Gasteiger partial charge in [0.2, 0.25) is 0 Å². The van der Waals surface area contributed by atoms with E-state index in [0.29, 0.717) is 13.0 Å². The molecule has 0 amide bonds. The van der Waals surface area contributed by atoms with E-state index < -0.39 is 11.4 Å². The van der Waals surface area contributed by atoms with E-state index in [1.165, 1.54) is 19.3 Å². The first-order valence-electron chi connectivity index (χ1n) is 6.87. The molecule has 0 unspecified atom stereocenters. The summed E-state index contributed by atoms with van der Waals surface area (Å²) in [6.45, 7) is 2.77. The van der Waals surface area contributed by atoms with Gasteiger partial charge in [0.1, 0.15) is 0 Å². The first-order valence-corrected chi connectivity index (χ1v) is 6.87. The molecule has 0 radical (unpaired) electrons. The van der Waals surface area contributed by atoms with E-state index in [0.717, 1.165) is 31.6 Å². The fourth-order valence-corrected chi connectivity index (χ4v) is 2.88. The fourth-order valence-electron chi connectivity index (χ4n) is 2.88. The molecule has 1 aliphatic rings. The predicted octanol–water partition coefficient (Wildman–Crippen LogP) is 3.47. The van der Waals surface area contributed by atoms with Crippen molar-refractivity contribution in [3.63, 3.8) is 0 Å². The molecule has 0 heterocycles. The standard InChI is InChI=1S/C14H26O3/c1-3-4-5-12-6-8-14(9-7-12,13(15)16)10-11-17-2/h12H,3-11H2,1-2H3,(H,15,16). The Morgan fingerprint density at radius 3 is 2.53 bits per heavy atom. The van der Waals surface area contributed by atoms with Crippen LogP contribution in [0.25, 0.3) is 0 Å². The molecule has 3 nitrogen and oxygen atoms in total. The summed E-state index contributed by atoms with van der Waals surface area (Å²) in [5, 5.41) is 9.42. The molecular weight excluding hydrogens is 216 g/mol.